The van der Waals surface area contributed by atoms with Gasteiger partial charge in [-0.05, 0) is 30.6 Å². The van der Waals surface area contributed by atoms with Gasteiger partial charge in [0.05, 0.1) is 13.6 Å². The summed E-state index contributed by atoms with van der Waals surface area (Å²) in [6, 6.07) is 3.67. The largest absolute Gasteiger partial charge is 0.462 e. The summed E-state index contributed by atoms with van der Waals surface area (Å²) in [5.74, 6) is 2.53. The molecule has 1 aliphatic carbocycles. The second-order valence-corrected chi connectivity index (χ2v) is 13.3. The molecule has 2 aliphatic rings. The van der Waals surface area contributed by atoms with Crippen LogP contribution in [0.25, 0.3) is 0 Å². The van der Waals surface area contributed by atoms with Crippen LogP contribution in [0.1, 0.15) is 54.4 Å². The summed E-state index contributed by atoms with van der Waals surface area (Å²) < 4.78 is 6.03. The molecule has 1 saturated heterocycles. The summed E-state index contributed by atoms with van der Waals surface area (Å²) in [6.07, 6.45) is 2.72. The molecule has 0 unspecified atom stereocenters. The Morgan fingerprint density at radius 2 is 1.71 bits per heavy atom. The van der Waals surface area contributed by atoms with Crippen molar-refractivity contribution in [2.45, 2.75) is 84.2 Å². The molecule has 0 N–H and O–H groups in total. The third-order valence-electron chi connectivity index (χ3n) is 6.93. The number of hydrogen-bond acceptors (Lipinski definition) is 2. The van der Waals surface area contributed by atoms with Crippen molar-refractivity contribution in [3.05, 3.63) is 0 Å². The van der Waals surface area contributed by atoms with E-state index in [0.717, 1.165) is 0 Å². The Hall–Kier alpha value is -0.313. The van der Waals surface area contributed by atoms with Crippen LogP contribution in [0, 0.1) is 23.7 Å². The normalized spacial score (nSPS) is 36.7. The highest BCUT2D eigenvalue weighted by atomic mass is 28.3. The number of hydrogen-bond donors (Lipinski definition) is 0. The topological polar surface area (TPSA) is 26.3 Å². The van der Waals surface area contributed by atoms with Crippen LogP contribution in [0.15, 0.2) is 0 Å². The number of esters is 1. The molecule has 5 atom stereocenters. The van der Waals surface area contributed by atoms with Crippen LogP contribution in [0.2, 0.25) is 23.7 Å². The zero-order chi connectivity index (χ0) is 15.8. The number of carbonyl (C=O) groups is 1. The van der Waals surface area contributed by atoms with Crippen molar-refractivity contribution in [3.63, 3.8) is 0 Å². The Morgan fingerprint density at radius 1 is 1.14 bits per heavy atom. The van der Waals surface area contributed by atoms with Gasteiger partial charge in [-0.3, -0.25) is 4.79 Å². The van der Waals surface area contributed by atoms with Crippen molar-refractivity contribution < 1.29 is 9.53 Å². The summed E-state index contributed by atoms with van der Waals surface area (Å²) in [7, 11) is -1.54. The molecule has 0 amide bonds. The van der Waals surface area contributed by atoms with Crippen LogP contribution in [0.5, 0.6) is 0 Å². The maximum Gasteiger partial charge on any atom is 0.306 e. The minimum Gasteiger partial charge on any atom is -0.462 e. The second-order valence-electron chi connectivity index (χ2n) is 7.84. The smallest absolute Gasteiger partial charge is 0.306 e. The van der Waals surface area contributed by atoms with E-state index in [1.807, 2.05) is 0 Å². The molecule has 0 aromatic rings. The predicted octanol–water partition coefficient (Wildman–Crippen LogP) is 5.11. The van der Waals surface area contributed by atoms with Crippen LogP contribution in [0.4, 0.5) is 0 Å². The van der Waals surface area contributed by atoms with E-state index in [1.54, 1.807) is 0 Å². The molecule has 0 aromatic heterocycles. The summed E-state index contributed by atoms with van der Waals surface area (Å²) in [6.45, 7) is 13.9. The van der Waals surface area contributed by atoms with Gasteiger partial charge in [0.2, 0.25) is 0 Å². The van der Waals surface area contributed by atoms with Crippen LogP contribution in [-0.2, 0) is 9.53 Å². The molecule has 0 radical (unpaired) electrons. The SMILES string of the molecule is CC[Si](CC)(CC)[C@H]1C(=O)O[C@@H]2[C@@H]1[C@H](C)CC[C@H]2C(C)C. The standard InChI is InChI=1S/C18H34O2Si/c1-7-21(8-2,9-3)17-15-13(6)10-11-14(12(4)5)16(15)20-18(17)19/h12-17H,7-11H2,1-6H3/t13-,14+,15+,16+,17-/m1/s1. The molecule has 3 heteroatoms. The van der Waals surface area contributed by atoms with Crippen LogP contribution < -0.4 is 0 Å². The van der Waals surface area contributed by atoms with Crippen molar-refractivity contribution in [3.8, 4) is 0 Å². The maximum absolute atomic E-state index is 12.8. The van der Waals surface area contributed by atoms with Crippen LogP contribution >= 0.6 is 0 Å². The quantitative estimate of drug-likeness (QED) is 0.521. The molecule has 0 aromatic carbocycles. The molecule has 122 valence electrons. The van der Waals surface area contributed by atoms with Gasteiger partial charge in [0.15, 0.2) is 0 Å². The molecule has 1 aliphatic heterocycles. The van der Waals surface area contributed by atoms with E-state index in [4.69, 9.17) is 4.74 Å². The van der Waals surface area contributed by atoms with Crippen LogP contribution in [-0.4, -0.2) is 20.1 Å². The van der Waals surface area contributed by atoms with Gasteiger partial charge < -0.3 is 4.74 Å². The van der Waals surface area contributed by atoms with Crippen molar-refractivity contribution in [2.24, 2.45) is 23.7 Å². The van der Waals surface area contributed by atoms with Gasteiger partial charge in [-0.1, -0.05) is 59.7 Å². The van der Waals surface area contributed by atoms with Gasteiger partial charge in [0, 0.05) is 5.92 Å². The average molecular weight is 311 g/mol. The molecule has 2 fully saturated rings. The third kappa shape index (κ3) is 2.71. The van der Waals surface area contributed by atoms with Crippen LogP contribution in [0.3, 0.4) is 0 Å². The predicted molar refractivity (Wildman–Crippen MR) is 91.0 cm³/mol. The minimum absolute atomic E-state index is 0.168. The second kappa shape index (κ2) is 6.43. The fraction of sp³-hybridized carbons (Fsp3) is 0.944. The number of fused-ring (bicyclic) bond motifs is 1. The lowest BCUT2D eigenvalue weighted by molar-refractivity contribution is -0.145. The monoisotopic (exact) mass is 310 g/mol. The first-order valence-electron chi connectivity index (χ1n) is 9.12. The minimum atomic E-state index is -1.54. The first-order chi connectivity index (χ1) is 9.91. The number of rotatable bonds is 5. The summed E-state index contributed by atoms with van der Waals surface area (Å²) in [4.78, 5) is 12.8. The first kappa shape index (κ1) is 17.0. The lowest BCUT2D eigenvalue weighted by Crippen LogP contribution is -2.47. The van der Waals surface area contributed by atoms with Crippen molar-refractivity contribution >= 4 is 14.0 Å². The average Bonchev–Trinajstić information content (AvgIpc) is 2.80. The van der Waals surface area contributed by atoms with Crippen molar-refractivity contribution in [2.75, 3.05) is 0 Å². The van der Waals surface area contributed by atoms with E-state index in [0.29, 0.717) is 23.7 Å². The molecule has 21 heavy (non-hydrogen) atoms. The van der Waals surface area contributed by atoms with Gasteiger partial charge in [0.1, 0.15) is 6.10 Å². The molecule has 2 nitrogen and oxygen atoms in total. The van der Waals surface area contributed by atoms with E-state index in [-0.39, 0.29) is 17.6 Å². The summed E-state index contributed by atoms with van der Waals surface area (Å²) >= 11 is 0. The Kier molecular flexibility index (Phi) is 5.22. The summed E-state index contributed by atoms with van der Waals surface area (Å²) in [5.41, 5.74) is 0.263. The molecular weight excluding hydrogens is 276 g/mol. The highest BCUT2D eigenvalue weighted by Gasteiger charge is 2.58. The molecule has 1 heterocycles. The van der Waals surface area contributed by atoms with E-state index in [2.05, 4.69) is 41.5 Å². The molecule has 1 saturated carbocycles. The first-order valence-corrected chi connectivity index (χ1v) is 11.8. The zero-order valence-corrected chi connectivity index (χ0v) is 15.8. The summed E-state index contributed by atoms with van der Waals surface area (Å²) in [5, 5.41) is 0. The maximum atomic E-state index is 12.8. The molecule has 0 bridgehead atoms. The molecule has 2 rings (SSSR count). The lowest BCUT2D eigenvalue weighted by atomic mass is 9.69. The fourth-order valence-electron chi connectivity index (χ4n) is 5.25. The van der Waals surface area contributed by atoms with Gasteiger partial charge in [0.25, 0.3) is 0 Å². The highest BCUT2D eigenvalue weighted by Crippen LogP contribution is 2.54. The van der Waals surface area contributed by atoms with Gasteiger partial charge in [-0.15, -0.1) is 0 Å². The number of carbonyl (C=O) groups excluding carboxylic acids is 1. The van der Waals surface area contributed by atoms with E-state index >= 15 is 0 Å². The van der Waals surface area contributed by atoms with E-state index < -0.39 is 8.07 Å². The lowest BCUT2D eigenvalue weighted by Gasteiger charge is -2.43. The Balaban J connectivity index is 2.37. The van der Waals surface area contributed by atoms with Gasteiger partial charge in [-0.25, -0.2) is 0 Å². The number of ether oxygens (including phenoxy) is 1. The fourth-order valence-corrected chi connectivity index (χ4v) is 9.97. The van der Waals surface area contributed by atoms with Gasteiger partial charge >= 0.3 is 5.97 Å². The Labute approximate surface area is 132 Å². The van der Waals surface area contributed by atoms with E-state index in [1.165, 1.54) is 31.0 Å². The van der Waals surface area contributed by atoms with Gasteiger partial charge in [-0.2, -0.15) is 0 Å². The third-order valence-corrected chi connectivity index (χ3v) is 13.1. The van der Waals surface area contributed by atoms with Crippen molar-refractivity contribution in [1.29, 1.82) is 0 Å². The Bertz CT molecular complexity index is 367. The molecule has 0 spiro atoms. The highest BCUT2D eigenvalue weighted by molar-refractivity contribution is 6.83. The molecular formula is C18H34O2Si. The zero-order valence-electron chi connectivity index (χ0n) is 14.8. The van der Waals surface area contributed by atoms with E-state index in [9.17, 15) is 4.79 Å². The van der Waals surface area contributed by atoms with Crippen molar-refractivity contribution in [1.82, 2.24) is 0 Å². The Morgan fingerprint density at radius 3 is 2.19 bits per heavy atom.